The number of anilines is 1. The number of nitrogens with zero attached hydrogens (tertiary/aromatic N) is 4. The van der Waals surface area contributed by atoms with Crippen LogP contribution in [0.3, 0.4) is 0 Å². The molecule has 22 heavy (non-hydrogen) atoms. The lowest BCUT2D eigenvalue weighted by molar-refractivity contribution is 0.139. The second-order valence-electron chi connectivity index (χ2n) is 5.15. The van der Waals surface area contributed by atoms with Gasteiger partial charge >= 0.3 is 6.09 Å². The van der Waals surface area contributed by atoms with Gasteiger partial charge in [-0.25, -0.2) is 9.48 Å². The van der Waals surface area contributed by atoms with Crippen LogP contribution < -0.4 is 10.5 Å². The van der Waals surface area contributed by atoms with E-state index in [9.17, 15) is 9.90 Å². The Morgan fingerprint density at radius 2 is 2.32 bits per heavy atom. The second-order valence-corrected chi connectivity index (χ2v) is 5.15. The molecule has 1 fully saturated rings. The molecular formula is C14H17N5O3. The van der Waals surface area contributed by atoms with E-state index in [1.54, 1.807) is 36.2 Å². The van der Waals surface area contributed by atoms with Crippen molar-refractivity contribution in [3.63, 3.8) is 0 Å². The number of nitrogen functional groups attached to an aromatic ring is 1. The summed E-state index contributed by atoms with van der Waals surface area (Å²) in [4.78, 5) is 12.6. The molecule has 8 heteroatoms. The van der Waals surface area contributed by atoms with Crippen LogP contribution in [0.5, 0.6) is 5.75 Å². The standard InChI is InChI=1S/C14H17N5O3/c1-22-13-5-4-9(15)7-12(13)19-8-10(16-17-19)11-3-2-6-18(11)14(20)21/h4-5,7-8,11H,2-3,6,15H2,1H3,(H,20,21)/t11-/m0/s1. The predicted octanol–water partition coefficient (Wildman–Crippen LogP) is 1.67. The molecule has 1 atom stereocenters. The van der Waals surface area contributed by atoms with E-state index >= 15 is 0 Å². The molecule has 1 aliphatic heterocycles. The number of rotatable bonds is 3. The highest BCUT2D eigenvalue weighted by Crippen LogP contribution is 2.31. The SMILES string of the molecule is COc1ccc(N)cc1-n1cc([C@@H]2CCCN2C(=O)O)nn1. The van der Waals surface area contributed by atoms with Crippen molar-refractivity contribution in [2.24, 2.45) is 0 Å². The maximum absolute atomic E-state index is 11.2. The lowest BCUT2D eigenvalue weighted by Gasteiger charge is -2.18. The Hall–Kier alpha value is -2.77. The Kier molecular flexibility index (Phi) is 3.58. The maximum atomic E-state index is 11.2. The first-order chi connectivity index (χ1) is 10.6. The van der Waals surface area contributed by atoms with Gasteiger partial charge in [0, 0.05) is 12.2 Å². The Balaban J connectivity index is 1.94. The fraction of sp³-hybridized carbons (Fsp3) is 0.357. The average molecular weight is 303 g/mol. The molecule has 1 aliphatic rings. The number of likely N-dealkylation sites (tertiary alicyclic amines) is 1. The lowest BCUT2D eigenvalue weighted by atomic mass is 10.1. The van der Waals surface area contributed by atoms with Crippen molar-refractivity contribution >= 4 is 11.8 Å². The summed E-state index contributed by atoms with van der Waals surface area (Å²) in [6.45, 7) is 0.522. The largest absolute Gasteiger partial charge is 0.494 e. The van der Waals surface area contributed by atoms with Gasteiger partial charge in [0.1, 0.15) is 17.1 Å². The summed E-state index contributed by atoms with van der Waals surface area (Å²) in [7, 11) is 1.57. The molecule has 1 saturated heterocycles. The molecule has 1 aromatic carbocycles. The molecule has 3 rings (SSSR count). The summed E-state index contributed by atoms with van der Waals surface area (Å²) in [5.74, 6) is 0.618. The lowest BCUT2D eigenvalue weighted by Crippen LogP contribution is -2.28. The third kappa shape index (κ3) is 2.43. The van der Waals surface area contributed by atoms with Crippen molar-refractivity contribution in [3.8, 4) is 11.4 Å². The van der Waals surface area contributed by atoms with Crippen LogP contribution in [0.4, 0.5) is 10.5 Å². The first-order valence-electron chi connectivity index (χ1n) is 6.96. The van der Waals surface area contributed by atoms with Gasteiger partial charge in [-0.3, -0.25) is 4.90 Å². The summed E-state index contributed by atoms with van der Waals surface area (Å²) < 4.78 is 6.86. The molecule has 1 amide bonds. The Morgan fingerprint density at radius 3 is 3.05 bits per heavy atom. The number of benzene rings is 1. The quantitative estimate of drug-likeness (QED) is 0.835. The molecule has 0 bridgehead atoms. The molecule has 8 nitrogen and oxygen atoms in total. The molecule has 0 aliphatic carbocycles. The minimum atomic E-state index is -0.932. The highest BCUT2D eigenvalue weighted by atomic mass is 16.5. The zero-order chi connectivity index (χ0) is 15.7. The van der Waals surface area contributed by atoms with Gasteiger partial charge in [0.15, 0.2) is 0 Å². The van der Waals surface area contributed by atoms with E-state index < -0.39 is 6.09 Å². The number of ether oxygens (including phenoxy) is 1. The van der Waals surface area contributed by atoms with Crippen molar-refractivity contribution in [1.82, 2.24) is 19.9 Å². The summed E-state index contributed by atoms with van der Waals surface area (Å²) in [6.07, 6.45) is 2.37. The number of hydrogen-bond acceptors (Lipinski definition) is 5. The van der Waals surface area contributed by atoms with Crippen LogP contribution >= 0.6 is 0 Å². The fourth-order valence-electron chi connectivity index (χ4n) is 2.74. The number of aromatic nitrogens is 3. The first-order valence-corrected chi connectivity index (χ1v) is 6.96. The smallest absolute Gasteiger partial charge is 0.407 e. The van der Waals surface area contributed by atoms with E-state index in [0.717, 1.165) is 12.8 Å². The molecule has 0 spiro atoms. The van der Waals surface area contributed by atoms with Gasteiger partial charge < -0.3 is 15.6 Å². The zero-order valence-electron chi connectivity index (χ0n) is 12.1. The van der Waals surface area contributed by atoms with Gasteiger partial charge in [-0.1, -0.05) is 5.21 Å². The van der Waals surface area contributed by atoms with E-state index in [1.165, 1.54) is 4.90 Å². The van der Waals surface area contributed by atoms with E-state index in [1.807, 2.05) is 0 Å². The Bertz CT molecular complexity index is 700. The zero-order valence-corrected chi connectivity index (χ0v) is 12.1. The van der Waals surface area contributed by atoms with Crippen molar-refractivity contribution in [2.75, 3.05) is 19.4 Å². The van der Waals surface area contributed by atoms with Crippen LogP contribution in [-0.4, -0.2) is 44.7 Å². The number of carbonyl (C=O) groups is 1. The normalized spacial score (nSPS) is 17.7. The Morgan fingerprint density at radius 1 is 1.50 bits per heavy atom. The second kappa shape index (κ2) is 5.55. The molecule has 116 valence electrons. The maximum Gasteiger partial charge on any atom is 0.407 e. The predicted molar refractivity (Wildman–Crippen MR) is 79.0 cm³/mol. The van der Waals surface area contributed by atoms with Gasteiger partial charge in [0.2, 0.25) is 0 Å². The third-order valence-electron chi connectivity index (χ3n) is 3.80. The highest BCUT2D eigenvalue weighted by Gasteiger charge is 2.32. The number of nitrogens with two attached hydrogens (primary N) is 1. The number of hydrogen-bond donors (Lipinski definition) is 2. The average Bonchev–Trinajstić information content (AvgIpc) is 3.15. The van der Waals surface area contributed by atoms with Crippen LogP contribution in [-0.2, 0) is 0 Å². The monoisotopic (exact) mass is 303 g/mol. The van der Waals surface area contributed by atoms with Crippen LogP contribution in [0, 0.1) is 0 Å². The molecule has 0 saturated carbocycles. The summed E-state index contributed by atoms with van der Waals surface area (Å²) >= 11 is 0. The van der Waals surface area contributed by atoms with Gasteiger partial charge in [0.25, 0.3) is 0 Å². The van der Waals surface area contributed by atoms with Crippen LogP contribution in [0.15, 0.2) is 24.4 Å². The van der Waals surface area contributed by atoms with Crippen molar-refractivity contribution in [1.29, 1.82) is 0 Å². The molecule has 3 N–H and O–H groups in total. The molecule has 2 heterocycles. The molecule has 1 aromatic heterocycles. The summed E-state index contributed by atoms with van der Waals surface area (Å²) in [5.41, 5.74) is 7.69. The van der Waals surface area contributed by atoms with Gasteiger partial charge in [0.05, 0.1) is 19.3 Å². The third-order valence-corrected chi connectivity index (χ3v) is 3.80. The minimum absolute atomic E-state index is 0.252. The molecule has 0 radical (unpaired) electrons. The van der Waals surface area contributed by atoms with Crippen molar-refractivity contribution in [2.45, 2.75) is 18.9 Å². The number of methoxy groups -OCH3 is 1. The molecular weight excluding hydrogens is 286 g/mol. The van der Waals surface area contributed by atoms with Gasteiger partial charge in [-0.15, -0.1) is 5.10 Å². The van der Waals surface area contributed by atoms with E-state index in [2.05, 4.69) is 10.3 Å². The van der Waals surface area contributed by atoms with Crippen LogP contribution in [0.2, 0.25) is 0 Å². The molecule has 2 aromatic rings. The van der Waals surface area contributed by atoms with E-state index in [0.29, 0.717) is 29.4 Å². The van der Waals surface area contributed by atoms with Gasteiger partial charge in [-0.2, -0.15) is 0 Å². The topological polar surface area (TPSA) is 106 Å². The highest BCUT2D eigenvalue weighted by molar-refractivity contribution is 5.66. The van der Waals surface area contributed by atoms with Crippen LogP contribution in [0.1, 0.15) is 24.6 Å². The first kappa shape index (κ1) is 14.2. The van der Waals surface area contributed by atoms with Gasteiger partial charge in [-0.05, 0) is 31.0 Å². The number of carboxylic acid groups (broad SMARTS) is 1. The summed E-state index contributed by atoms with van der Waals surface area (Å²) in [6, 6.07) is 4.98. The number of amides is 1. The van der Waals surface area contributed by atoms with Crippen LogP contribution in [0.25, 0.3) is 5.69 Å². The molecule has 0 unspecified atom stereocenters. The minimum Gasteiger partial charge on any atom is -0.494 e. The fourth-order valence-corrected chi connectivity index (χ4v) is 2.74. The summed E-state index contributed by atoms with van der Waals surface area (Å²) in [5, 5.41) is 17.4. The van der Waals surface area contributed by atoms with E-state index in [4.69, 9.17) is 10.5 Å². The van der Waals surface area contributed by atoms with Crippen molar-refractivity contribution < 1.29 is 14.6 Å². The van der Waals surface area contributed by atoms with Crippen molar-refractivity contribution in [3.05, 3.63) is 30.1 Å². The Labute approximate surface area is 127 Å². The van der Waals surface area contributed by atoms with E-state index in [-0.39, 0.29) is 6.04 Å².